The van der Waals surface area contributed by atoms with Gasteiger partial charge in [-0.25, -0.2) is 0 Å². The van der Waals surface area contributed by atoms with Gasteiger partial charge in [0.25, 0.3) is 6.08 Å². The molecule has 1 heterocycles. The Balaban J connectivity index is 2.67. The van der Waals surface area contributed by atoms with Crippen LogP contribution in [-0.2, 0) is 0 Å². The van der Waals surface area contributed by atoms with Crippen LogP contribution in [0.1, 0.15) is 40.5 Å². The molecule has 0 N–H and O–H groups in total. The fraction of sp³-hybridized carbons (Fsp3) is 0.846. The molecule has 0 atom stereocenters. The van der Waals surface area contributed by atoms with Crippen molar-refractivity contribution >= 4 is 0 Å². The number of nitrogens with zero attached hydrogens (tertiary/aromatic N) is 1. The number of piperidine rings is 1. The summed E-state index contributed by atoms with van der Waals surface area (Å²) in [5.74, 6) is 1.24. The number of hydrogen-bond donors (Lipinski definition) is 0. The highest BCUT2D eigenvalue weighted by atomic mass is 19.3. The average Bonchev–Trinajstić information content (AvgIpc) is 2.17. The van der Waals surface area contributed by atoms with Crippen LogP contribution in [-0.4, -0.2) is 18.0 Å². The second kappa shape index (κ2) is 5.15. The molecule has 0 saturated carbocycles. The van der Waals surface area contributed by atoms with Crippen molar-refractivity contribution in [3.8, 4) is 0 Å². The van der Waals surface area contributed by atoms with E-state index in [0.29, 0.717) is 17.3 Å². The molecule has 0 aromatic rings. The summed E-state index contributed by atoms with van der Waals surface area (Å²) in [6, 6.07) is 0. The molecule has 1 aliphatic rings. The first kappa shape index (κ1) is 13.5. The van der Waals surface area contributed by atoms with Crippen molar-refractivity contribution in [1.82, 2.24) is 4.90 Å². The summed E-state index contributed by atoms with van der Waals surface area (Å²) in [7, 11) is 0. The van der Waals surface area contributed by atoms with Crippen molar-refractivity contribution in [2.24, 2.45) is 17.3 Å². The van der Waals surface area contributed by atoms with Gasteiger partial charge < -0.3 is 4.90 Å². The first-order valence-electron chi connectivity index (χ1n) is 6.15. The largest absolute Gasteiger partial charge is 0.373 e. The molecule has 1 saturated heterocycles. The van der Waals surface area contributed by atoms with Gasteiger partial charge in [0, 0.05) is 13.1 Å². The van der Waals surface area contributed by atoms with Crippen LogP contribution in [0.3, 0.4) is 0 Å². The zero-order chi connectivity index (χ0) is 12.3. The molecule has 1 fully saturated rings. The van der Waals surface area contributed by atoms with Gasteiger partial charge in [-0.3, -0.25) is 0 Å². The third-order valence-electron chi connectivity index (χ3n) is 4.31. The van der Waals surface area contributed by atoms with E-state index in [1.165, 1.54) is 0 Å². The van der Waals surface area contributed by atoms with E-state index in [1.807, 2.05) is 0 Å². The third kappa shape index (κ3) is 2.74. The Morgan fingerprint density at radius 2 is 1.50 bits per heavy atom. The van der Waals surface area contributed by atoms with E-state index in [1.54, 1.807) is 4.90 Å². The van der Waals surface area contributed by atoms with Gasteiger partial charge in [-0.15, -0.1) is 0 Å². The van der Waals surface area contributed by atoms with Gasteiger partial charge in [-0.05, 0) is 30.1 Å². The SMILES string of the molecule is CC(C)C1(C(C)C)CCN(C=C(F)F)CC1. The Labute approximate surface area is 97.5 Å². The minimum atomic E-state index is -1.58. The Hall–Kier alpha value is -0.600. The van der Waals surface area contributed by atoms with Gasteiger partial charge in [0.05, 0.1) is 6.20 Å². The molecule has 0 radical (unpaired) electrons. The van der Waals surface area contributed by atoms with Crippen molar-refractivity contribution in [3.05, 3.63) is 12.3 Å². The van der Waals surface area contributed by atoms with Gasteiger partial charge in [-0.2, -0.15) is 8.78 Å². The maximum absolute atomic E-state index is 12.1. The van der Waals surface area contributed by atoms with E-state index in [0.717, 1.165) is 32.1 Å². The van der Waals surface area contributed by atoms with E-state index >= 15 is 0 Å². The summed E-state index contributed by atoms with van der Waals surface area (Å²) >= 11 is 0. The average molecular weight is 231 g/mol. The molecule has 0 bridgehead atoms. The van der Waals surface area contributed by atoms with Gasteiger partial charge in [-0.1, -0.05) is 27.7 Å². The van der Waals surface area contributed by atoms with E-state index in [-0.39, 0.29) is 0 Å². The molecule has 3 heteroatoms. The van der Waals surface area contributed by atoms with Crippen molar-refractivity contribution in [3.63, 3.8) is 0 Å². The van der Waals surface area contributed by atoms with Gasteiger partial charge in [0.2, 0.25) is 0 Å². The molecule has 0 spiro atoms. The van der Waals surface area contributed by atoms with Gasteiger partial charge >= 0.3 is 0 Å². The summed E-state index contributed by atoms with van der Waals surface area (Å²) in [4.78, 5) is 1.75. The Kier molecular flexibility index (Phi) is 4.34. The molecule has 0 aliphatic carbocycles. The molecular weight excluding hydrogens is 208 g/mol. The molecule has 1 nitrogen and oxygen atoms in total. The summed E-state index contributed by atoms with van der Waals surface area (Å²) in [6.07, 6.45) is 1.45. The predicted octanol–water partition coefficient (Wildman–Crippen LogP) is 4.12. The first-order chi connectivity index (χ1) is 7.38. The molecule has 94 valence electrons. The number of likely N-dealkylation sites (tertiary alicyclic amines) is 1. The quantitative estimate of drug-likeness (QED) is 0.706. The molecular formula is C13H23F2N. The lowest BCUT2D eigenvalue weighted by Crippen LogP contribution is -2.43. The normalized spacial score (nSPS) is 20.4. The first-order valence-corrected chi connectivity index (χ1v) is 6.15. The maximum Gasteiger partial charge on any atom is 0.286 e. The topological polar surface area (TPSA) is 3.24 Å². The fourth-order valence-corrected chi connectivity index (χ4v) is 3.03. The second-order valence-electron chi connectivity index (χ2n) is 5.50. The number of rotatable bonds is 3. The lowest BCUT2D eigenvalue weighted by molar-refractivity contribution is 0.0332. The van der Waals surface area contributed by atoms with Crippen LogP contribution < -0.4 is 0 Å². The summed E-state index contributed by atoms with van der Waals surface area (Å²) < 4.78 is 24.3. The minimum Gasteiger partial charge on any atom is -0.373 e. The summed E-state index contributed by atoms with van der Waals surface area (Å²) in [6.45, 7) is 10.5. The molecule has 16 heavy (non-hydrogen) atoms. The van der Waals surface area contributed by atoms with Gasteiger partial charge in [0.1, 0.15) is 0 Å². The predicted molar refractivity (Wildman–Crippen MR) is 63.2 cm³/mol. The smallest absolute Gasteiger partial charge is 0.286 e. The second-order valence-corrected chi connectivity index (χ2v) is 5.50. The molecule has 0 unspecified atom stereocenters. The lowest BCUT2D eigenvalue weighted by Gasteiger charge is -2.47. The summed E-state index contributed by atoms with van der Waals surface area (Å²) in [5.41, 5.74) is 0.330. The van der Waals surface area contributed by atoms with Crippen molar-refractivity contribution in [1.29, 1.82) is 0 Å². The maximum atomic E-state index is 12.1. The van der Waals surface area contributed by atoms with Crippen molar-refractivity contribution < 1.29 is 8.78 Å². The Morgan fingerprint density at radius 3 is 1.81 bits per heavy atom. The monoisotopic (exact) mass is 231 g/mol. The van der Waals surface area contributed by atoms with E-state index in [9.17, 15) is 8.78 Å². The van der Waals surface area contributed by atoms with Crippen molar-refractivity contribution in [2.75, 3.05) is 13.1 Å². The zero-order valence-electron chi connectivity index (χ0n) is 10.8. The fourth-order valence-electron chi connectivity index (χ4n) is 3.03. The Morgan fingerprint density at radius 1 is 1.06 bits per heavy atom. The van der Waals surface area contributed by atoms with Gasteiger partial charge in [0.15, 0.2) is 0 Å². The number of hydrogen-bond acceptors (Lipinski definition) is 1. The molecule has 1 rings (SSSR count). The highest BCUT2D eigenvalue weighted by molar-refractivity contribution is 4.94. The third-order valence-corrected chi connectivity index (χ3v) is 4.31. The van der Waals surface area contributed by atoms with E-state index in [4.69, 9.17) is 0 Å². The minimum absolute atomic E-state index is 0.330. The summed E-state index contributed by atoms with van der Waals surface area (Å²) in [5, 5.41) is 0. The zero-order valence-corrected chi connectivity index (χ0v) is 10.8. The lowest BCUT2D eigenvalue weighted by atomic mass is 9.63. The van der Waals surface area contributed by atoms with Crippen LogP contribution >= 0.6 is 0 Å². The van der Waals surface area contributed by atoms with E-state index < -0.39 is 6.08 Å². The highest BCUT2D eigenvalue weighted by Gasteiger charge is 2.39. The van der Waals surface area contributed by atoms with Crippen LogP contribution in [0.5, 0.6) is 0 Å². The standard InChI is InChI=1S/C13H23F2N/c1-10(2)13(11(3)4)5-7-16(8-6-13)9-12(14)15/h9-11H,5-8H2,1-4H3. The van der Waals surface area contributed by atoms with Crippen LogP contribution in [0, 0.1) is 17.3 Å². The highest BCUT2D eigenvalue weighted by Crippen LogP contribution is 2.45. The molecule has 0 aromatic heterocycles. The van der Waals surface area contributed by atoms with Crippen LogP contribution in [0.25, 0.3) is 0 Å². The van der Waals surface area contributed by atoms with Crippen LogP contribution in [0.4, 0.5) is 8.78 Å². The van der Waals surface area contributed by atoms with E-state index in [2.05, 4.69) is 27.7 Å². The molecule has 0 amide bonds. The molecule has 1 aliphatic heterocycles. The molecule has 0 aromatic carbocycles. The Bertz CT molecular complexity index is 237. The van der Waals surface area contributed by atoms with Crippen molar-refractivity contribution in [2.45, 2.75) is 40.5 Å². The van der Waals surface area contributed by atoms with Crippen LogP contribution in [0.2, 0.25) is 0 Å². The number of halogens is 2. The van der Waals surface area contributed by atoms with Crippen LogP contribution in [0.15, 0.2) is 12.3 Å².